The van der Waals surface area contributed by atoms with Crippen LogP contribution in [0.4, 0.5) is 0 Å². The van der Waals surface area contributed by atoms with Crippen LogP contribution in [0.2, 0.25) is 0 Å². The van der Waals surface area contributed by atoms with E-state index in [4.69, 9.17) is 4.74 Å². The topological polar surface area (TPSA) is 39.1 Å². The van der Waals surface area contributed by atoms with Gasteiger partial charge in [0.2, 0.25) is 0 Å². The Morgan fingerprint density at radius 3 is 2.65 bits per heavy atom. The van der Waals surface area contributed by atoms with Gasteiger partial charge in [0.1, 0.15) is 0 Å². The van der Waals surface area contributed by atoms with Gasteiger partial charge in [0.25, 0.3) is 0 Å². The van der Waals surface area contributed by atoms with Gasteiger partial charge in [-0.2, -0.15) is 5.10 Å². The minimum absolute atomic E-state index is 0.201. The number of halogens is 1. The molecule has 2 unspecified atom stereocenters. The molecular weight excluding hydrogens is 318 g/mol. The molecule has 2 atom stereocenters. The molecule has 0 bridgehead atoms. The van der Waals surface area contributed by atoms with Crippen molar-refractivity contribution in [1.82, 2.24) is 15.1 Å². The van der Waals surface area contributed by atoms with E-state index in [1.807, 2.05) is 6.20 Å². The molecule has 1 fully saturated rings. The van der Waals surface area contributed by atoms with E-state index < -0.39 is 0 Å². The zero-order chi connectivity index (χ0) is 14.7. The van der Waals surface area contributed by atoms with E-state index in [1.54, 1.807) is 0 Å². The average molecular weight is 344 g/mol. The SMILES string of the molecule is CCNC(c1c(Br)cnn1C(C)C)C(OCC)C1CC1. The van der Waals surface area contributed by atoms with Gasteiger partial charge in [-0.1, -0.05) is 6.92 Å². The standard InChI is InChI=1S/C15H26BrN3O/c1-5-17-13(15(20-6-2)11-7-8-11)14-12(16)9-18-19(14)10(3)4/h9-11,13,15,17H,5-8H2,1-4H3. The fourth-order valence-electron chi connectivity index (χ4n) is 2.76. The molecule has 0 radical (unpaired) electrons. The first-order valence-electron chi connectivity index (χ1n) is 7.68. The average Bonchev–Trinajstić information content (AvgIpc) is 3.17. The van der Waals surface area contributed by atoms with E-state index in [1.165, 1.54) is 18.5 Å². The molecule has 1 saturated carbocycles. The second kappa shape index (κ2) is 7.05. The zero-order valence-electron chi connectivity index (χ0n) is 12.9. The van der Waals surface area contributed by atoms with Crippen molar-refractivity contribution in [2.75, 3.05) is 13.2 Å². The van der Waals surface area contributed by atoms with Crippen LogP contribution in [0.3, 0.4) is 0 Å². The van der Waals surface area contributed by atoms with Crippen molar-refractivity contribution in [3.63, 3.8) is 0 Å². The number of hydrogen-bond acceptors (Lipinski definition) is 3. The Balaban J connectivity index is 2.33. The first kappa shape index (κ1) is 16.0. The van der Waals surface area contributed by atoms with Crippen LogP contribution in [0.1, 0.15) is 58.3 Å². The molecule has 0 aliphatic heterocycles. The summed E-state index contributed by atoms with van der Waals surface area (Å²) in [5.41, 5.74) is 1.22. The maximum Gasteiger partial charge on any atom is 0.0813 e. The Morgan fingerprint density at radius 2 is 2.15 bits per heavy atom. The normalized spacial score (nSPS) is 18.5. The number of hydrogen-bond donors (Lipinski definition) is 1. The monoisotopic (exact) mass is 343 g/mol. The Hall–Kier alpha value is -0.390. The fraction of sp³-hybridized carbons (Fsp3) is 0.800. The molecular formula is C15H26BrN3O. The summed E-state index contributed by atoms with van der Waals surface area (Å²) in [5.74, 6) is 0.682. The minimum Gasteiger partial charge on any atom is -0.376 e. The second-order valence-corrected chi connectivity index (χ2v) is 6.56. The Labute approximate surface area is 130 Å². The van der Waals surface area contributed by atoms with Crippen LogP contribution in [0, 0.1) is 5.92 Å². The third-order valence-corrected chi connectivity index (χ3v) is 4.38. The third kappa shape index (κ3) is 3.43. The molecule has 0 aromatic carbocycles. The van der Waals surface area contributed by atoms with E-state index in [-0.39, 0.29) is 12.1 Å². The van der Waals surface area contributed by atoms with Gasteiger partial charge in [0.15, 0.2) is 0 Å². The summed E-state index contributed by atoms with van der Waals surface area (Å²) < 4.78 is 9.24. The molecule has 4 nitrogen and oxygen atoms in total. The summed E-state index contributed by atoms with van der Waals surface area (Å²) in [6.07, 6.45) is 4.70. The lowest BCUT2D eigenvalue weighted by atomic mass is 10.0. The highest BCUT2D eigenvalue weighted by atomic mass is 79.9. The first-order chi connectivity index (χ1) is 9.60. The maximum absolute atomic E-state index is 6.07. The van der Waals surface area contributed by atoms with Crippen molar-refractivity contribution in [1.29, 1.82) is 0 Å². The van der Waals surface area contributed by atoms with Gasteiger partial charge < -0.3 is 10.1 Å². The van der Waals surface area contributed by atoms with Crippen LogP contribution in [0.15, 0.2) is 10.7 Å². The lowest BCUT2D eigenvalue weighted by Gasteiger charge is -2.29. The molecule has 1 aliphatic rings. The smallest absolute Gasteiger partial charge is 0.0813 e. The van der Waals surface area contributed by atoms with Gasteiger partial charge >= 0.3 is 0 Å². The maximum atomic E-state index is 6.07. The van der Waals surface area contributed by atoms with Gasteiger partial charge in [-0.15, -0.1) is 0 Å². The van der Waals surface area contributed by atoms with Crippen LogP contribution < -0.4 is 5.32 Å². The Bertz CT molecular complexity index is 429. The minimum atomic E-state index is 0.201. The van der Waals surface area contributed by atoms with Crippen molar-refractivity contribution in [3.8, 4) is 0 Å². The summed E-state index contributed by atoms with van der Waals surface area (Å²) >= 11 is 3.67. The number of nitrogens with zero attached hydrogens (tertiary/aromatic N) is 2. The third-order valence-electron chi connectivity index (χ3n) is 3.77. The predicted octanol–water partition coefficient (Wildman–Crippen LogP) is 3.69. The van der Waals surface area contributed by atoms with E-state index in [2.05, 4.69) is 58.7 Å². The molecule has 1 N–H and O–H groups in total. The highest BCUT2D eigenvalue weighted by Crippen LogP contribution is 2.41. The number of likely N-dealkylation sites (N-methyl/N-ethyl adjacent to an activating group) is 1. The van der Waals surface area contributed by atoms with E-state index in [0.29, 0.717) is 12.0 Å². The zero-order valence-corrected chi connectivity index (χ0v) is 14.5. The molecule has 0 saturated heterocycles. The number of aromatic nitrogens is 2. The van der Waals surface area contributed by atoms with Gasteiger partial charge in [0.05, 0.1) is 28.5 Å². The molecule has 2 rings (SSSR count). The van der Waals surface area contributed by atoms with E-state index in [0.717, 1.165) is 17.6 Å². The quantitative estimate of drug-likeness (QED) is 0.782. The largest absolute Gasteiger partial charge is 0.376 e. The lowest BCUT2D eigenvalue weighted by molar-refractivity contribution is 0.0163. The number of nitrogens with one attached hydrogen (secondary N) is 1. The van der Waals surface area contributed by atoms with E-state index >= 15 is 0 Å². The van der Waals surface area contributed by atoms with Crippen molar-refractivity contribution in [3.05, 3.63) is 16.4 Å². The molecule has 0 amide bonds. The first-order valence-corrected chi connectivity index (χ1v) is 8.47. The molecule has 20 heavy (non-hydrogen) atoms. The summed E-state index contributed by atoms with van der Waals surface area (Å²) in [6.45, 7) is 10.2. The van der Waals surface area contributed by atoms with Crippen LogP contribution >= 0.6 is 15.9 Å². The van der Waals surface area contributed by atoms with Crippen LogP contribution in [0.5, 0.6) is 0 Å². The molecule has 114 valence electrons. The highest BCUT2D eigenvalue weighted by Gasteiger charge is 2.39. The molecule has 1 heterocycles. The summed E-state index contributed by atoms with van der Waals surface area (Å²) in [4.78, 5) is 0. The molecule has 1 aliphatic carbocycles. The van der Waals surface area contributed by atoms with Crippen LogP contribution in [-0.4, -0.2) is 29.0 Å². The summed E-state index contributed by atoms with van der Waals surface area (Å²) in [5, 5.41) is 8.13. The molecule has 5 heteroatoms. The highest BCUT2D eigenvalue weighted by molar-refractivity contribution is 9.10. The van der Waals surface area contributed by atoms with Crippen molar-refractivity contribution in [2.45, 2.75) is 58.7 Å². The summed E-state index contributed by atoms with van der Waals surface area (Å²) in [6, 6.07) is 0.547. The van der Waals surface area contributed by atoms with Gasteiger partial charge in [0, 0.05) is 12.6 Å². The molecule has 1 aromatic heterocycles. The second-order valence-electron chi connectivity index (χ2n) is 5.71. The number of rotatable bonds is 8. The Kier molecular flexibility index (Phi) is 5.64. The van der Waals surface area contributed by atoms with E-state index in [9.17, 15) is 0 Å². The molecule has 1 aromatic rings. The van der Waals surface area contributed by atoms with Crippen molar-refractivity contribution in [2.24, 2.45) is 5.92 Å². The van der Waals surface area contributed by atoms with Gasteiger partial charge in [-0.3, -0.25) is 4.68 Å². The van der Waals surface area contributed by atoms with Crippen molar-refractivity contribution < 1.29 is 4.74 Å². The fourth-order valence-corrected chi connectivity index (χ4v) is 3.28. The predicted molar refractivity (Wildman–Crippen MR) is 84.9 cm³/mol. The van der Waals surface area contributed by atoms with Crippen LogP contribution in [0.25, 0.3) is 0 Å². The van der Waals surface area contributed by atoms with Gasteiger partial charge in [-0.25, -0.2) is 0 Å². The lowest BCUT2D eigenvalue weighted by Crippen LogP contribution is -2.37. The number of ether oxygens (including phenoxy) is 1. The Morgan fingerprint density at radius 1 is 1.45 bits per heavy atom. The van der Waals surface area contributed by atoms with Crippen LogP contribution in [-0.2, 0) is 4.74 Å². The van der Waals surface area contributed by atoms with Crippen molar-refractivity contribution >= 4 is 15.9 Å². The summed E-state index contributed by atoms with van der Waals surface area (Å²) in [7, 11) is 0. The molecule has 0 spiro atoms. The van der Waals surface area contributed by atoms with Gasteiger partial charge in [-0.05, 0) is 62.0 Å².